The zero-order chi connectivity index (χ0) is 28.2. The molecule has 0 aliphatic rings. The largest absolute Gasteiger partial charge is 0.452 e. The summed E-state index contributed by atoms with van der Waals surface area (Å²) < 4.78 is 37.1. The average Bonchev–Trinajstić information content (AvgIpc) is 3.37. The number of hydrogen-bond acceptors (Lipinski definition) is 6. The van der Waals surface area contributed by atoms with Gasteiger partial charge in [-0.3, -0.25) is 23.8 Å². The van der Waals surface area contributed by atoms with Gasteiger partial charge in [0.2, 0.25) is 0 Å². The fraction of sp³-hybridized carbons (Fsp3) is 0.0690. The molecule has 0 aliphatic heterocycles. The Morgan fingerprint density at radius 3 is 2.58 bits per heavy atom. The van der Waals surface area contributed by atoms with Crippen molar-refractivity contribution in [2.24, 2.45) is 7.05 Å². The zero-order valence-electron chi connectivity index (χ0n) is 21.1. The molecule has 2 N–H and O–H groups in total. The van der Waals surface area contributed by atoms with Crippen LogP contribution in [0.3, 0.4) is 0 Å². The Labute approximate surface area is 226 Å². The van der Waals surface area contributed by atoms with Crippen LogP contribution < -0.4 is 15.6 Å². The molecule has 2 aromatic carbocycles. The van der Waals surface area contributed by atoms with E-state index < -0.39 is 23.1 Å². The minimum absolute atomic E-state index is 0.105. The van der Waals surface area contributed by atoms with Gasteiger partial charge in [0.15, 0.2) is 11.6 Å². The summed E-state index contributed by atoms with van der Waals surface area (Å²) in [4.78, 5) is 30.2. The summed E-state index contributed by atoms with van der Waals surface area (Å²) in [6.07, 6.45) is 6.08. The van der Waals surface area contributed by atoms with Crippen molar-refractivity contribution in [1.82, 2.24) is 19.3 Å². The summed E-state index contributed by atoms with van der Waals surface area (Å²) >= 11 is 0. The number of ether oxygens (including phenoxy) is 1. The molecule has 0 fully saturated rings. The van der Waals surface area contributed by atoms with Gasteiger partial charge in [-0.25, -0.2) is 8.78 Å². The molecule has 0 bridgehead atoms. The standard InChI is InChI=1S/C29H22F2N6O3/c1-36-25(11-13-34-36)18-15-27(24(10-12-32)33-17-18)40-26-9-6-20(16-23(26)31)35-28(38)22-3-2-14-37(29(22)39)21-7-4-19(30)5-8-21/h2-9,11-17,32H,10H2,1H3,(H,35,38). The molecule has 3 heterocycles. The number of halogens is 2. The number of amides is 1. The Bertz CT molecular complexity index is 1780. The molecule has 1 amide bonds. The predicted molar refractivity (Wildman–Crippen MR) is 145 cm³/mol. The van der Waals surface area contributed by atoms with Crippen molar-refractivity contribution in [1.29, 1.82) is 5.41 Å². The second kappa shape index (κ2) is 11.1. The first-order valence-electron chi connectivity index (χ1n) is 12.1. The first-order valence-corrected chi connectivity index (χ1v) is 12.1. The van der Waals surface area contributed by atoms with E-state index in [0.717, 1.165) is 11.8 Å². The Balaban J connectivity index is 1.38. The van der Waals surface area contributed by atoms with Crippen LogP contribution in [0.4, 0.5) is 14.5 Å². The van der Waals surface area contributed by atoms with Gasteiger partial charge in [-0.15, -0.1) is 0 Å². The van der Waals surface area contributed by atoms with Crippen molar-refractivity contribution in [2.75, 3.05) is 5.32 Å². The first kappa shape index (κ1) is 26.2. The van der Waals surface area contributed by atoms with Gasteiger partial charge in [-0.1, -0.05) is 0 Å². The number of nitrogens with zero attached hydrogens (tertiary/aromatic N) is 4. The van der Waals surface area contributed by atoms with Gasteiger partial charge in [0.25, 0.3) is 11.5 Å². The van der Waals surface area contributed by atoms with Crippen molar-refractivity contribution in [3.63, 3.8) is 0 Å². The molecule has 11 heteroatoms. The maximum atomic E-state index is 15.1. The summed E-state index contributed by atoms with van der Waals surface area (Å²) in [6.45, 7) is 0. The van der Waals surface area contributed by atoms with Crippen LogP contribution in [0.5, 0.6) is 11.5 Å². The molecule has 40 heavy (non-hydrogen) atoms. The van der Waals surface area contributed by atoms with Crippen LogP contribution in [0.2, 0.25) is 0 Å². The third-order valence-corrected chi connectivity index (χ3v) is 6.05. The molecule has 0 atom stereocenters. The lowest BCUT2D eigenvalue weighted by molar-refractivity contribution is 0.102. The van der Waals surface area contributed by atoms with E-state index in [9.17, 15) is 14.0 Å². The normalized spacial score (nSPS) is 10.8. The lowest BCUT2D eigenvalue weighted by Gasteiger charge is -2.13. The van der Waals surface area contributed by atoms with Crippen molar-refractivity contribution >= 4 is 17.8 Å². The number of carbonyl (C=O) groups is 1. The maximum absolute atomic E-state index is 15.1. The van der Waals surface area contributed by atoms with Gasteiger partial charge in [0, 0.05) is 61.3 Å². The van der Waals surface area contributed by atoms with Crippen LogP contribution in [0.15, 0.2) is 90.1 Å². The van der Waals surface area contributed by atoms with E-state index in [-0.39, 0.29) is 29.2 Å². The number of benzene rings is 2. The number of rotatable bonds is 8. The second-order valence-corrected chi connectivity index (χ2v) is 8.69. The summed E-state index contributed by atoms with van der Waals surface area (Å²) in [5.74, 6) is -1.81. The molecule has 0 spiro atoms. The Kier molecular flexibility index (Phi) is 7.27. The molecule has 9 nitrogen and oxygen atoms in total. The molecule has 0 aliphatic carbocycles. The second-order valence-electron chi connectivity index (χ2n) is 8.69. The van der Waals surface area contributed by atoms with Crippen molar-refractivity contribution in [3.05, 3.63) is 119 Å². The van der Waals surface area contributed by atoms with Crippen LogP contribution in [0.25, 0.3) is 16.9 Å². The van der Waals surface area contributed by atoms with Crippen molar-refractivity contribution in [2.45, 2.75) is 6.42 Å². The highest BCUT2D eigenvalue weighted by atomic mass is 19.1. The van der Waals surface area contributed by atoms with Crippen molar-refractivity contribution < 1.29 is 18.3 Å². The smallest absolute Gasteiger partial charge is 0.267 e. The summed E-state index contributed by atoms with van der Waals surface area (Å²) in [5.41, 5.74) is 1.61. The van der Waals surface area contributed by atoms with E-state index in [2.05, 4.69) is 15.4 Å². The number of hydrogen-bond donors (Lipinski definition) is 2. The number of nitrogens with one attached hydrogen (secondary N) is 2. The maximum Gasteiger partial charge on any atom is 0.267 e. The minimum Gasteiger partial charge on any atom is -0.452 e. The molecule has 5 rings (SSSR count). The van der Waals surface area contributed by atoms with Gasteiger partial charge < -0.3 is 15.5 Å². The van der Waals surface area contributed by atoms with Gasteiger partial charge in [-0.2, -0.15) is 5.10 Å². The number of anilines is 1. The van der Waals surface area contributed by atoms with Crippen LogP contribution in [0, 0.1) is 17.0 Å². The van der Waals surface area contributed by atoms with E-state index >= 15 is 4.39 Å². The topological polar surface area (TPSA) is 115 Å². The van der Waals surface area contributed by atoms with Gasteiger partial charge in [-0.05, 0) is 60.7 Å². The molecule has 200 valence electrons. The molecular weight excluding hydrogens is 518 g/mol. The highest BCUT2D eigenvalue weighted by molar-refractivity contribution is 6.04. The minimum atomic E-state index is -0.763. The van der Waals surface area contributed by atoms with Gasteiger partial charge in [0.1, 0.15) is 17.1 Å². The zero-order valence-corrected chi connectivity index (χ0v) is 21.1. The van der Waals surface area contributed by atoms with Crippen LogP contribution >= 0.6 is 0 Å². The third-order valence-electron chi connectivity index (χ3n) is 6.05. The quantitative estimate of drug-likeness (QED) is 0.264. The first-order chi connectivity index (χ1) is 19.3. The van der Waals surface area contributed by atoms with E-state index in [1.807, 2.05) is 0 Å². The fourth-order valence-corrected chi connectivity index (χ4v) is 4.06. The lowest BCUT2D eigenvalue weighted by atomic mass is 10.1. The highest BCUT2D eigenvalue weighted by Gasteiger charge is 2.16. The third kappa shape index (κ3) is 5.39. The summed E-state index contributed by atoms with van der Waals surface area (Å²) in [6, 6.07) is 15.5. The number of carbonyl (C=O) groups excluding carboxylic acids is 1. The number of pyridine rings is 2. The van der Waals surface area contributed by atoms with Crippen LogP contribution in [-0.4, -0.2) is 31.5 Å². The molecule has 0 saturated heterocycles. The Hall–Kier alpha value is -5.45. The molecule has 0 unspecified atom stereocenters. The average molecular weight is 541 g/mol. The van der Waals surface area contributed by atoms with E-state index in [1.54, 1.807) is 36.3 Å². The lowest BCUT2D eigenvalue weighted by Crippen LogP contribution is -2.27. The molecule has 3 aromatic heterocycles. The van der Waals surface area contributed by atoms with E-state index in [0.29, 0.717) is 16.9 Å². The Morgan fingerprint density at radius 1 is 1.07 bits per heavy atom. The van der Waals surface area contributed by atoms with Gasteiger partial charge in [0.05, 0.1) is 11.4 Å². The van der Waals surface area contributed by atoms with Gasteiger partial charge >= 0.3 is 0 Å². The summed E-state index contributed by atoms with van der Waals surface area (Å²) in [7, 11) is 1.78. The summed E-state index contributed by atoms with van der Waals surface area (Å²) in [5, 5.41) is 14.1. The molecule has 0 radical (unpaired) electrons. The van der Waals surface area contributed by atoms with E-state index in [1.165, 1.54) is 65.5 Å². The predicted octanol–water partition coefficient (Wildman–Crippen LogP) is 5.15. The van der Waals surface area contributed by atoms with Crippen molar-refractivity contribution in [3.8, 4) is 28.4 Å². The van der Waals surface area contributed by atoms with Crippen LogP contribution in [0.1, 0.15) is 16.1 Å². The Morgan fingerprint density at radius 2 is 1.88 bits per heavy atom. The van der Waals surface area contributed by atoms with E-state index in [4.69, 9.17) is 10.1 Å². The monoisotopic (exact) mass is 540 g/mol. The molecule has 5 aromatic rings. The fourth-order valence-electron chi connectivity index (χ4n) is 4.06. The number of aryl methyl sites for hydroxylation is 1. The SMILES string of the molecule is Cn1nccc1-c1cnc(CC=N)c(Oc2ccc(NC(=O)c3cccn(-c4ccc(F)cc4)c3=O)cc2F)c1. The highest BCUT2D eigenvalue weighted by Crippen LogP contribution is 2.32. The molecular formula is C29H22F2N6O3. The number of aromatic nitrogens is 4. The molecule has 0 saturated carbocycles. The van der Waals surface area contributed by atoms with Crippen LogP contribution in [-0.2, 0) is 13.5 Å².